The smallest absolute Gasteiger partial charge is 0.119 e. The molecule has 112 valence electrons. The van der Waals surface area contributed by atoms with Crippen LogP contribution in [0.3, 0.4) is 0 Å². The van der Waals surface area contributed by atoms with Gasteiger partial charge < -0.3 is 9.84 Å². The minimum absolute atomic E-state index is 0.212. The summed E-state index contributed by atoms with van der Waals surface area (Å²) in [7, 11) is 1.61. The predicted molar refractivity (Wildman–Crippen MR) is 84.3 cm³/mol. The molecule has 0 aliphatic rings. The third kappa shape index (κ3) is 2.56. The van der Waals surface area contributed by atoms with Crippen molar-refractivity contribution in [3.8, 4) is 22.7 Å². The molecule has 0 saturated heterocycles. The van der Waals surface area contributed by atoms with Crippen LogP contribution in [0.4, 0.5) is 0 Å². The van der Waals surface area contributed by atoms with Gasteiger partial charge in [0.1, 0.15) is 17.1 Å². The lowest BCUT2D eigenvalue weighted by Crippen LogP contribution is -2.00. The van der Waals surface area contributed by atoms with Gasteiger partial charge in [-0.05, 0) is 30.3 Å². The largest absolute Gasteiger partial charge is 0.497 e. The van der Waals surface area contributed by atoms with Gasteiger partial charge in [-0.2, -0.15) is 0 Å². The van der Waals surface area contributed by atoms with Crippen molar-refractivity contribution in [2.45, 2.75) is 6.61 Å². The molecule has 1 N–H and O–H groups in total. The Morgan fingerprint density at radius 3 is 2.50 bits per heavy atom. The maximum absolute atomic E-state index is 9.53. The molecular weight excluding hydrogens is 302 g/mol. The fourth-order valence-electron chi connectivity index (χ4n) is 2.25. The number of aromatic nitrogens is 3. The Morgan fingerprint density at radius 2 is 1.86 bits per heavy atom. The summed E-state index contributed by atoms with van der Waals surface area (Å²) in [5, 5.41) is 18.3. The summed E-state index contributed by atoms with van der Waals surface area (Å²) < 4.78 is 6.82. The Hall–Kier alpha value is -2.37. The van der Waals surface area contributed by atoms with E-state index in [0.29, 0.717) is 16.4 Å². The Kier molecular flexibility index (Phi) is 4.09. The molecule has 5 nitrogen and oxygen atoms in total. The topological polar surface area (TPSA) is 60.2 Å². The van der Waals surface area contributed by atoms with Crippen molar-refractivity contribution in [3.63, 3.8) is 0 Å². The predicted octanol–water partition coefficient (Wildman–Crippen LogP) is 3.09. The first-order valence-electron chi connectivity index (χ1n) is 6.69. The molecule has 1 aromatic heterocycles. The first-order chi connectivity index (χ1) is 10.7. The Bertz CT molecular complexity index is 784. The van der Waals surface area contributed by atoms with Gasteiger partial charge in [0.2, 0.25) is 0 Å². The van der Waals surface area contributed by atoms with Gasteiger partial charge in [0, 0.05) is 5.56 Å². The Balaban J connectivity index is 2.17. The molecule has 0 atom stereocenters. The molecule has 0 spiro atoms. The zero-order valence-electron chi connectivity index (χ0n) is 11.9. The molecule has 0 aliphatic carbocycles. The highest BCUT2D eigenvalue weighted by atomic mass is 35.5. The molecule has 2 aromatic carbocycles. The molecule has 0 aliphatic heterocycles. The van der Waals surface area contributed by atoms with Crippen LogP contribution < -0.4 is 4.74 Å². The van der Waals surface area contributed by atoms with E-state index in [-0.39, 0.29) is 6.61 Å². The summed E-state index contributed by atoms with van der Waals surface area (Å²) in [4.78, 5) is 0. The first-order valence-corrected chi connectivity index (χ1v) is 7.07. The van der Waals surface area contributed by atoms with Crippen LogP contribution in [0, 0.1) is 0 Å². The van der Waals surface area contributed by atoms with Gasteiger partial charge in [-0.15, -0.1) is 5.10 Å². The van der Waals surface area contributed by atoms with Crippen LogP contribution in [-0.4, -0.2) is 27.2 Å². The number of rotatable bonds is 4. The second-order valence-electron chi connectivity index (χ2n) is 4.63. The van der Waals surface area contributed by atoms with Gasteiger partial charge in [-0.25, -0.2) is 4.68 Å². The first kappa shape index (κ1) is 14.6. The SMILES string of the molecule is COc1ccc(-n2nnc(CO)c2-c2ccccc2Cl)cc1. The van der Waals surface area contributed by atoms with Gasteiger partial charge >= 0.3 is 0 Å². The van der Waals surface area contributed by atoms with E-state index in [4.69, 9.17) is 16.3 Å². The fraction of sp³-hybridized carbons (Fsp3) is 0.125. The lowest BCUT2D eigenvalue weighted by atomic mass is 10.1. The highest BCUT2D eigenvalue weighted by Gasteiger charge is 2.17. The summed E-state index contributed by atoms with van der Waals surface area (Å²) in [5.41, 5.74) is 2.74. The fourth-order valence-corrected chi connectivity index (χ4v) is 2.47. The van der Waals surface area contributed by atoms with Crippen molar-refractivity contribution >= 4 is 11.6 Å². The van der Waals surface area contributed by atoms with Gasteiger partial charge in [0.25, 0.3) is 0 Å². The molecule has 22 heavy (non-hydrogen) atoms. The van der Waals surface area contributed by atoms with Crippen molar-refractivity contribution in [1.82, 2.24) is 15.0 Å². The number of nitrogens with zero attached hydrogens (tertiary/aromatic N) is 3. The second kappa shape index (κ2) is 6.17. The van der Waals surface area contributed by atoms with Crippen LogP contribution in [0.15, 0.2) is 48.5 Å². The molecule has 0 saturated carbocycles. The molecule has 3 aromatic rings. The number of aliphatic hydroxyl groups excluding tert-OH is 1. The molecule has 0 radical (unpaired) electrons. The Labute approximate surface area is 132 Å². The number of halogens is 1. The van der Waals surface area contributed by atoms with Crippen molar-refractivity contribution in [3.05, 3.63) is 59.2 Å². The molecule has 0 unspecified atom stereocenters. The van der Waals surface area contributed by atoms with Crippen LogP contribution >= 0.6 is 11.6 Å². The zero-order chi connectivity index (χ0) is 15.5. The minimum atomic E-state index is -0.212. The molecule has 1 heterocycles. The highest BCUT2D eigenvalue weighted by molar-refractivity contribution is 6.33. The Morgan fingerprint density at radius 1 is 1.14 bits per heavy atom. The third-order valence-electron chi connectivity index (χ3n) is 3.34. The second-order valence-corrected chi connectivity index (χ2v) is 5.04. The van der Waals surface area contributed by atoms with Crippen molar-refractivity contribution in [2.75, 3.05) is 7.11 Å². The average molecular weight is 316 g/mol. The van der Waals surface area contributed by atoms with Crippen LogP contribution in [0.1, 0.15) is 5.69 Å². The summed E-state index contributed by atoms with van der Waals surface area (Å²) >= 11 is 6.28. The molecule has 3 rings (SSSR count). The van der Waals surface area contributed by atoms with E-state index in [2.05, 4.69) is 10.3 Å². The van der Waals surface area contributed by atoms with Gasteiger partial charge in [-0.3, -0.25) is 0 Å². The lowest BCUT2D eigenvalue weighted by Gasteiger charge is -2.10. The molecule has 0 bridgehead atoms. The summed E-state index contributed by atoms with van der Waals surface area (Å²) in [5.74, 6) is 0.755. The maximum atomic E-state index is 9.53. The number of ether oxygens (including phenoxy) is 1. The minimum Gasteiger partial charge on any atom is -0.497 e. The van der Waals surface area contributed by atoms with E-state index in [1.807, 2.05) is 42.5 Å². The van der Waals surface area contributed by atoms with Gasteiger partial charge in [0.15, 0.2) is 0 Å². The molecular formula is C16H14ClN3O2. The number of hydrogen-bond acceptors (Lipinski definition) is 4. The van der Waals surface area contributed by atoms with Crippen molar-refractivity contribution < 1.29 is 9.84 Å². The number of methoxy groups -OCH3 is 1. The quantitative estimate of drug-likeness (QED) is 0.803. The van der Waals surface area contributed by atoms with Crippen LogP contribution in [0.2, 0.25) is 5.02 Å². The maximum Gasteiger partial charge on any atom is 0.119 e. The van der Waals surface area contributed by atoms with Crippen molar-refractivity contribution in [1.29, 1.82) is 0 Å². The number of aliphatic hydroxyl groups is 1. The highest BCUT2D eigenvalue weighted by Crippen LogP contribution is 2.31. The van der Waals surface area contributed by atoms with E-state index in [1.54, 1.807) is 17.9 Å². The molecule has 0 amide bonds. The summed E-state index contributed by atoms with van der Waals surface area (Å²) in [6.45, 7) is -0.212. The lowest BCUT2D eigenvalue weighted by molar-refractivity contribution is 0.277. The summed E-state index contributed by atoms with van der Waals surface area (Å²) in [6, 6.07) is 14.8. The van der Waals surface area contributed by atoms with E-state index >= 15 is 0 Å². The van der Waals surface area contributed by atoms with Crippen molar-refractivity contribution in [2.24, 2.45) is 0 Å². The molecule has 6 heteroatoms. The van der Waals surface area contributed by atoms with Crippen LogP contribution in [0.5, 0.6) is 5.75 Å². The zero-order valence-corrected chi connectivity index (χ0v) is 12.7. The van der Waals surface area contributed by atoms with E-state index in [9.17, 15) is 5.11 Å². The van der Waals surface area contributed by atoms with Gasteiger partial charge in [-0.1, -0.05) is 35.0 Å². The van der Waals surface area contributed by atoms with Crippen LogP contribution in [0.25, 0.3) is 16.9 Å². The molecule has 0 fully saturated rings. The van der Waals surface area contributed by atoms with E-state index < -0.39 is 0 Å². The monoisotopic (exact) mass is 315 g/mol. The standard InChI is InChI=1S/C16H14ClN3O2/c1-22-12-8-6-11(7-9-12)20-16(15(10-21)18-19-20)13-4-2-3-5-14(13)17/h2-9,21H,10H2,1H3. The normalized spacial score (nSPS) is 10.7. The third-order valence-corrected chi connectivity index (χ3v) is 3.67. The average Bonchev–Trinajstić information content (AvgIpc) is 2.99. The van der Waals surface area contributed by atoms with E-state index in [0.717, 1.165) is 17.0 Å². The van der Waals surface area contributed by atoms with E-state index in [1.165, 1.54) is 0 Å². The number of hydrogen-bond donors (Lipinski definition) is 1. The van der Waals surface area contributed by atoms with Crippen LogP contribution in [-0.2, 0) is 6.61 Å². The summed E-state index contributed by atoms with van der Waals surface area (Å²) in [6.07, 6.45) is 0. The van der Waals surface area contributed by atoms with Gasteiger partial charge in [0.05, 0.1) is 24.4 Å². The number of benzene rings is 2.